The van der Waals surface area contributed by atoms with Gasteiger partial charge in [-0.3, -0.25) is 9.59 Å². The normalized spacial score (nSPS) is 12.2. The molecule has 0 aliphatic carbocycles. The standard InChI is InChI=1S/C15H24O5/c1-12(16)13(11-15(19-3)20-4)9-7-5-6-8-10-14(17)18-2/h5,7,11,15H,6,8-10H2,1-4H3. The number of allylic oxidation sites excluding steroid dienone is 3. The maximum Gasteiger partial charge on any atom is 0.305 e. The van der Waals surface area contributed by atoms with Crippen LogP contribution in [0.2, 0.25) is 0 Å². The van der Waals surface area contributed by atoms with Crippen molar-refractivity contribution < 1.29 is 23.8 Å². The Balaban J connectivity index is 4.21. The summed E-state index contributed by atoms with van der Waals surface area (Å²) >= 11 is 0. The predicted octanol–water partition coefficient (Wildman–Crippen LogP) is 2.41. The van der Waals surface area contributed by atoms with E-state index >= 15 is 0 Å². The van der Waals surface area contributed by atoms with Crippen molar-refractivity contribution in [1.29, 1.82) is 0 Å². The molecule has 0 radical (unpaired) electrons. The Morgan fingerprint density at radius 2 is 1.75 bits per heavy atom. The molecule has 0 atom stereocenters. The predicted molar refractivity (Wildman–Crippen MR) is 76.2 cm³/mol. The van der Waals surface area contributed by atoms with Crippen LogP contribution in [-0.2, 0) is 23.8 Å². The molecule has 0 aromatic rings. The van der Waals surface area contributed by atoms with E-state index in [1.807, 2.05) is 12.2 Å². The monoisotopic (exact) mass is 284 g/mol. The Hall–Kier alpha value is -1.46. The van der Waals surface area contributed by atoms with E-state index in [0.29, 0.717) is 18.4 Å². The van der Waals surface area contributed by atoms with Crippen LogP contribution in [0.25, 0.3) is 0 Å². The zero-order chi connectivity index (χ0) is 15.4. The van der Waals surface area contributed by atoms with Gasteiger partial charge in [-0.2, -0.15) is 0 Å². The number of hydrogen-bond donors (Lipinski definition) is 0. The first-order valence-electron chi connectivity index (χ1n) is 6.54. The van der Waals surface area contributed by atoms with Crippen molar-refractivity contribution in [3.8, 4) is 0 Å². The number of methoxy groups -OCH3 is 3. The number of esters is 1. The number of ether oxygens (including phenoxy) is 3. The lowest BCUT2D eigenvalue weighted by molar-refractivity contribution is -0.140. The molecule has 5 nitrogen and oxygen atoms in total. The number of hydrogen-bond acceptors (Lipinski definition) is 5. The molecule has 0 spiro atoms. The highest BCUT2D eigenvalue weighted by atomic mass is 16.7. The van der Waals surface area contributed by atoms with Gasteiger partial charge in [0.1, 0.15) is 0 Å². The second-order valence-corrected chi connectivity index (χ2v) is 4.23. The second-order valence-electron chi connectivity index (χ2n) is 4.23. The van der Waals surface area contributed by atoms with Gasteiger partial charge in [0.05, 0.1) is 7.11 Å². The van der Waals surface area contributed by atoms with Crippen molar-refractivity contribution in [2.45, 2.75) is 38.9 Å². The van der Waals surface area contributed by atoms with E-state index in [9.17, 15) is 9.59 Å². The average Bonchev–Trinajstić information content (AvgIpc) is 2.45. The molecule has 0 fully saturated rings. The third-order valence-electron chi connectivity index (χ3n) is 2.74. The topological polar surface area (TPSA) is 61.8 Å². The van der Waals surface area contributed by atoms with Gasteiger partial charge in [0.2, 0.25) is 0 Å². The van der Waals surface area contributed by atoms with Gasteiger partial charge in [0, 0.05) is 20.6 Å². The van der Waals surface area contributed by atoms with E-state index in [2.05, 4.69) is 4.74 Å². The highest BCUT2D eigenvalue weighted by Gasteiger charge is 2.07. The van der Waals surface area contributed by atoms with Gasteiger partial charge in [-0.1, -0.05) is 12.2 Å². The van der Waals surface area contributed by atoms with E-state index < -0.39 is 6.29 Å². The maximum absolute atomic E-state index is 11.5. The van der Waals surface area contributed by atoms with Crippen LogP contribution in [-0.4, -0.2) is 39.4 Å². The summed E-state index contributed by atoms with van der Waals surface area (Å²) in [6, 6.07) is 0. The molecule has 0 rings (SSSR count). The molecular weight excluding hydrogens is 260 g/mol. The van der Waals surface area contributed by atoms with Crippen LogP contribution in [0.1, 0.15) is 32.6 Å². The second kappa shape index (κ2) is 11.4. The Kier molecular flexibility index (Phi) is 10.5. The Morgan fingerprint density at radius 1 is 1.10 bits per heavy atom. The molecule has 0 bridgehead atoms. The number of rotatable bonds is 10. The van der Waals surface area contributed by atoms with Crippen LogP contribution in [0, 0.1) is 0 Å². The first kappa shape index (κ1) is 18.5. The smallest absolute Gasteiger partial charge is 0.305 e. The number of carbonyl (C=O) groups excluding carboxylic acids is 2. The molecule has 20 heavy (non-hydrogen) atoms. The van der Waals surface area contributed by atoms with E-state index in [0.717, 1.165) is 12.8 Å². The van der Waals surface area contributed by atoms with Crippen LogP contribution in [0.5, 0.6) is 0 Å². The SMILES string of the molecule is COC(=O)CCCC=CCC(=CC(OC)OC)C(C)=O. The lowest BCUT2D eigenvalue weighted by Gasteiger charge is -2.10. The van der Waals surface area contributed by atoms with Gasteiger partial charge in [-0.25, -0.2) is 0 Å². The summed E-state index contributed by atoms with van der Waals surface area (Å²) in [5.74, 6) is -0.214. The van der Waals surface area contributed by atoms with Crippen molar-refractivity contribution in [1.82, 2.24) is 0 Å². The maximum atomic E-state index is 11.5. The molecule has 0 aromatic carbocycles. The van der Waals surface area contributed by atoms with Crippen molar-refractivity contribution in [3.05, 3.63) is 23.8 Å². The summed E-state index contributed by atoms with van der Waals surface area (Å²) in [6.45, 7) is 1.51. The average molecular weight is 284 g/mol. The Labute approximate surface area is 120 Å². The molecule has 0 N–H and O–H groups in total. The first-order chi connectivity index (χ1) is 9.54. The van der Waals surface area contributed by atoms with Gasteiger partial charge < -0.3 is 14.2 Å². The molecule has 0 aromatic heterocycles. The van der Waals surface area contributed by atoms with Crippen molar-refractivity contribution in [2.75, 3.05) is 21.3 Å². The quantitative estimate of drug-likeness (QED) is 0.203. The van der Waals surface area contributed by atoms with Gasteiger partial charge >= 0.3 is 5.97 Å². The Morgan fingerprint density at radius 3 is 2.25 bits per heavy atom. The summed E-state index contributed by atoms with van der Waals surface area (Å²) < 4.78 is 14.6. The summed E-state index contributed by atoms with van der Waals surface area (Å²) in [7, 11) is 4.42. The molecule has 0 aliphatic heterocycles. The summed E-state index contributed by atoms with van der Waals surface area (Å²) in [5.41, 5.74) is 0.642. The van der Waals surface area contributed by atoms with Crippen LogP contribution in [0.3, 0.4) is 0 Å². The van der Waals surface area contributed by atoms with Gasteiger partial charge in [-0.15, -0.1) is 0 Å². The largest absolute Gasteiger partial charge is 0.469 e. The van der Waals surface area contributed by atoms with Crippen molar-refractivity contribution in [2.24, 2.45) is 0 Å². The van der Waals surface area contributed by atoms with Crippen molar-refractivity contribution in [3.63, 3.8) is 0 Å². The third kappa shape index (κ3) is 8.61. The minimum Gasteiger partial charge on any atom is -0.469 e. The zero-order valence-electron chi connectivity index (χ0n) is 12.7. The molecular formula is C15H24O5. The highest BCUT2D eigenvalue weighted by molar-refractivity contribution is 5.93. The number of carbonyl (C=O) groups is 2. The summed E-state index contributed by atoms with van der Waals surface area (Å²) in [5, 5.41) is 0. The first-order valence-corrected chi connectivity index (χ1v) is 6.54. The number of ketones is 1. The Bertz CT molecular complexity index is 353. The molecule has 0 unspecified atom stereocenters. The fourth-order valence-corrected chi connectivity index (χ4v) is 1.52. The van der Waals surface area contributed by atoms with Crippen molar-refractivity contribution >= 4 is 11.8 Å². The lowest BCUT2D eigenvalue weighted by atomic mass is 10.1. The minimum absolute atomic E-state index is 0.0108. The third-order valence-corrected chi connectivity index (χ3v) is 2.74. The molecule has 0 saturated carbocycles. The van der Waals surface area contributed by atoms with Gasteiger partial charge in [0.25, 0.3) is 0 Å². The van der Waals surface area contributed by atoms with E-state index in [1.54, 1.807) is 6.08 Å². The van der Waals surface area contributed by atoms with E-state index in [4.69, 9.17) is 9.47 Å². The minimum atomic E-state index is -0.512. The zero-order valence-corrected chi connectivity index (χ0v) is 12.7. The summed E-state index contributed by atoms with van der Waals surface area (Å²) in [4.78, 5) is 22.4. The van der Waals surface area contributed by atoms with E-state index in [1.165, 1.54) is 28.3 Å². The lowest BCUT2D eigenvalue weighted by Crippen LogP contribution is -2.12. The number of Topliss-reactive ketones (excluding diaryl/α,β-unsaturated/α-hetero) is 1. The molecule has 0 saturated heterocycles. The fraction of sp³-hybridized carbons (Fsp3) is 0.600. The molecule has 5 heteroatoms. The van der Waals surface area contributed by atoms with Gasteiger partial charge in [0.15, 0.2) is 12.1 Å². The number of unbranched alkanes of at least 4 members (excludes halogenated alkanes) is 1. The van der Waals surface area contributed by atoms with Crippen LogP contribution in [0.4, 0.5) is 0 Å². The summed E-state index contributed by atoms with van der Waals surface area (Å²) in [6.07, 6.45) is 7.46. The molecule has 0 amide bonds. The van der Waals surface area contributed by atoms with Crippen LogP contribution >= 0.6 is 0 Å². The van der Waals surface area contributed by atoms with Gasteiger partial charge in [-0.05, 0) is 37.8 Å². The fourth-order valence-electron chi connectivity index (χ4n) is 1.52. The molecule has 0 heterocycles. The van der Waals surface area contributed by atoms with Crippen LogP contribution in [0.15, 0.2) is 23.8 Å². The van der Waals surface area contributed by atoms with E-state index in [-0.39, 0.29) is 11.8 Å². The van der Waals surface area contributed by atoms with Crippen LogP contribution < -0.4 is 0 Å². The molecule has 114 valence electrons. The highest BCUT2D eigenvalue weighted by Crippen LogP contribution is 2.09. The molecule has 0 aliphatic rings.